The number of carboxylic acids is 2. The van der Waals surface area contributed by atoms with E-state index in [-0.39, 0.29) is 12.1 Å². The fourth-order valence-electron chi connectivity index (χ4n) is 5.80. The van der Waals surface area contributed by atoms with Crippen LogP contribution < -0.4 is 5.32 Å². The van der Waals surface area contributed by atoms with E-state index < -0.39 is 59.6 Å². The summed E-state index contributed by atoms with van der Waals surface area (Å²) in [5.41, 5.74) is 1.05. The fraction of sp³-hybridized carbons (Fsp3) is 0.219. The van der Waals surface area contributed by atoms with Gasteiger partial charge in [0.2, 0.25) is 11.8 Å². The summed E-state index contributed by atoms with van der Waals surface area (Å²) < 4.78 is 4.69. The van der Waals surface area contributed by atoms with Gasteiger partial charge < -0.3 is 14.9 Å². The number of hydrogen-bond acceptors (Lipinski definition) is 7. The number of amides is 2. The van der Waals surface area contributed by atoms with Crippen LogP contribution in [0.1, 0.15) is 45.1 Å². The summed E-state index contributed by atoms with van der Waals surface area (Å²) in [5.74, 6) is -7.40. The molecule has 3 aromatic rings. The first-order chi connectivity index (χ1) is 20.1. The highest BCUT2D eigenvalue weighted by Crippen LogP contribution is 2.50. The van der Waals surface area contributed by atoms with E-state index in [2.05, 4.69) is 5.32 Å². The minimum atomic E-state index is -2.19. The zero-order valence-corrected chi connectivity index (χ0v) is 22.6. The highest BCUT2D eigenvalue weighted by Gasteiger charge is 2.69. The second-order valence-electron chi connectivity index (χ2n) is 10.3. The number of nitrogens with one attached hydrogen (secondary N) is 1. The molecule has 0 saturated carbocycles. The number of carboxylic acid groups (broad SMARTS) is 2. The SMILES string of the molecule is COC(=O)c1ccc(CN2C(=O)C3C(c4ccc(C=Cc5ccccc5)cc4)NC(CC(=O)O)(C(=O)O)C3C2=O)cc1. The second kappa shape index (κ2) is 11.4. The van der Waals surface area contributed by atoms with E-state index in [9.17, 15) is 34.2 Å². The van der Waals surface area contributed by atoms with Gasteiger partial charge in [-0.3, -0.25) is 29.4 Å². The van der Waals surface area contributed by atoms with Crippen molar-refractivity contribution < 1.29 is 38.9 Å². The number of methoxy groups -OCH3 is 1. The molecule has 3 N–H and O–H groups in total. The maximum Gasteiger partial charge on any atom is 0.337 e. The van der Waals surface area contributed by atoms with Gasteiger partial charge in [0.15, 0.2) is 0 Å². The Morgan fingerprint density at radius 1 is 0.881 bits per heavy atom. The highest BCUT2D eigenvalue weighted by molar-refractivity contribution is 6.10. The Morgan fingerprint density at radius 2 is 1.50 bits per heavy atom. The van der Waals surface area contributed by atoms with Crippen LogP contribution in [0, 0.1) is 11.8 Å². The number of fused-ring (bicyclic) bond motifs is 1. The molecule has 4 unspecified atom stereocenters. The van der Waals surface area contributed by atoms with E-state index in [4.69, 9.17) is 4.74 Å². The van der Waals surface area contributed by atoms with Gasteiger partial charge in [-0.1, -0.05) is 78.9 Å². The smallest absolute Gasteiger partial charge is 0.337 e. The molecule has 10 nitrogen and oxygen atoms in total. The molecular weight excluding hydrogens is 540 g/mol. The van der Waals surface area contributed by atoms with Crippen molar-refractivity contribution in [2.24, 2.45) is 11.8 Å². The van der Waals surface area contributed by atoms with Gasteiger partial charge in [-0.05, 0) is 34.4 Å². The summed E-state index contributed by atoms with van der Waals surface area (Å²) in [6.07, 6.45) is 2.96. The quantitative estimate of drug-likeness (QED) is 0.201. The van der Waals surface area contributed by atoms with Crippen LogP contribution in [-0.4, -0.2) is 57.5 Å². The molecule has 2 amide bonds. The van der Waals surface area contributed by atoms with Crippen molar-refractivity contribution in [1.82, 2.24) is 10.2 Å². The van der Waals surface area contributed by atoms with E-state index in [1.165, 1.54) is 19.2 Å². The minimum Gasteiger partial charge on any atom is -0.481 e. The second-order valence-corrected chi connectivity index (χ2v) is 10.3. The predicted molar refractivity (Wildman–Crippen MR) is 151 cm³/mol. The topological polar surface area (TPSA) is 150 Å². The summed E-state index contributed by atoms with van der Waals surface area (Å²) in [6, 6.07) is 22.0. The van der Waals surface area contributed by atoms with Gasteiger partial charge in [-0.2, -0.15) is 0 Å². The molecule has 2 heterocycles. The zero-order chi connectivity index (χ0) is 30.0. The first-order valence-corrected chi connectivity index (χ1v) is 13.2. The first-order valence-electron chi connectivity index (χ1n) is 13.2. The lowest BCUT2D eigenvalue weighted by molar-refractivity contribution is -0.156. The predicted octanol–water partition coefficient (Wildman–Crippen LogP) is 3.39. The van der Waals surface area contributed by atoms with Gasteiger partial charge in [0.05, 0.1) is 37.5 Å². The molecule has 2 aliphatic heterocycles. The molecule has 10 heteroatoms. The number of carbonyl (C=O) groups is 5. The summed E-state index contributed by atoms with van der Waals surface area (Å²) >= 11 is 0. The van der Waals surface area contributed by atoms with E-state index in [0.29, 0.717) is 11.1 Å². The van der Waals surface area contributed by atoms with Crippen LogP contribution in [0.15, 0.2) is 78.9 Å². The number of rotatable bonds is 9. The van der Waals surface area contributed by atoms with Crippen LogP contribution in [0.4, 0.5) is 0 Å². The maximum atomic E-state index is 13.8. The molecule has 0 aromatic heterocycles. The third-order valence-corrected chi connectivity index (χ3v) is 7.84. The molecule has 0 bridgehead atoms. The number of carbonyl (C=O) groups excluding carboxylic acids is 3. The van der Waals surface area contributed by atoms with Crippen LogP contribution in [0.2, 0.25) is 0 Å². The van der Waals surface area contributed by atoms with Crippen molar-refractivity contribution in [3.8, 4) is 0 Å². The van der Waals surface area contributed by atoms with Crippen LogP contribution in [0.3, 0.4) is 0 Å². The average Bonchev–Trinajstić information content (AvgIpc) is 3.46. The molecule has 0 spiro atoms. The van der Waals surface area contributed by atoms with Crippen LogP contribution >= 0.6 is 0 Å². The molecule has 2 aliphatic rings. The Balaban J connectivity index is 1.46. The van der Waals surface area contributed by atoms with Gasteiger partial charge in [0.25, 0.3) is 0 Å². The molecule has 2 saturated heterocycles. The van der Waals surface area contributed by atoms with Crippen LogP contribution in [0.5, 0.6) is 0 Å². The Kier molecular flexibility index (Phi) is 7.73. The van der Waals surface area contributed by atoms with Gasteiger partial charge >= 0.3 is 17.9 Å². The number of hydrogen-bond donors (Lipinski definition) is 3. The standard InChI is InChI=1S/C32H28N2O8/c1-42-30(39)23-15-11-21(12-16-23)18-34-28(37)25-26(29(34)38)32(31(40)41,17-24(35)36)33-27(25)22-13-9-20(10-14-22)8-7-19-5-3-2-4-6-19/h2-16,25-27,33H,17-18H2,1H3,(H,35,36)(H,40,41). The number of benzene rings is 3. The molecule has 3 aromatic carbocycles. The van der Waals surface area contributed by atoms with Crippen LogP contribution in [-0.2, 0) is 30.5 Å². The molecule has 0 aliphatic carbocycles. The summed E-state index contributed by atoms with van der Waals surface area (Å²) in [4.78, 5) is 64.7. The van der Waals surface area contributed by atoms with E-state index in [1.54, 1.807) is 24.3 Å². The van der Waals surface area contributed by atoms with Crippen LogP contribution in [0.25, 0.3) is 12.2 Å². The molecule has 4 atom stereocenters. The van der Waals surface area contributed by atoms with Gasteiger partial charge in [0, 0.05) is 6.04 Å². The van der Waals surface area contributed by atoms with Gasteiger partial charge in [0.1, 0.15) is 5.54 Å². The normalized spacial score (nSPS) is 23.3. The Labute approximate surface area is 241 Å². The molecule has 42 heavy (non-hydrogen) atoms. The van der Waals surface area contributed by atoms with Crippen molar-refractivity contribution >= 4 is 41.9 Å². The van der Waals surface area contributed by atoms with Crippen molar-refractivity contribution in [2.75, 3.05) is 7.11 Å². The number of nitrogens with zero attached hydrogens (tertiary/aromatic N) is 1. The zero-order valence-electron chi connectivity index (χ0n) is 22.6. The molecule has 2 fully saturated rings. The largest absolute Gasteiger partial charge is 0.481 e. The number of aliphatic carboxylic acids is 2. The third-order valence-electron chi connectivity index (χ3n) is 7.84. The number of likely N-dealkylation sites (tertiary alicyclic amines) is 1. The number of imide groups is 1. The van der Waals surface area contributed by atoms with E-state index >= 15 is 0 Å². The van der Waals surface area contributed by atoms with Crippen molar-refractivity contribution in [3.05, 3.63) is 107 Å². The summed E-state index contributed by atoms with van der Waals surface area (Å²) in [5, 5.41) is 22.8. The summed E-state index contributed by atoms with van der Waals surface area (Å²) in [7, 11) is 1.25. The van der Waals surface area contributed by atoms with Gasteiger partial charge in [-0.15, -0.1) is 0 Å². The van der Waals surface area contributed by atoms with E-state index in [0.717, 1.165) is 16.0 Å². The summed E-state index contributed by atoms with van der Waals surface area (Å²) in [6.45, 7) is -0.162. The Morgan fingerprint density at radius 3 is 2.07 bits per heavy atom. The monoisotopic (exact) mass is 568 g/mol. The van der Waals surface area contributed by atoms with Crippen molar-refractivity contribution in [1.29, 1.82) is 0 Å². The maximum absolute atomic E-state index is 13.8. The third kappa shape index (κ3) is 5.19. The molecule has 0 radical (unpaired) electrons. The lowest BCUT2D eigenvalue weighted by atomic mass is 9.77. The first kappa shape index (κ1) is 28.4. The highest BCUT2D eigenvalue weighted by atomic mass is 16.5. The molecular formula is C32H28N2O8. The lowest BCUT2D eigenvalue weighted by Gasteiger charge is -2.29. The van der Waals surface area contributed by atoms with E-state index in [1.807, 2.05) is 54.6 Å². The van der Waals surface area contributed by atoms with Gasteiger partial charge in [-0.25, -0.2) is 4.79 Å². The number of ether oxygens (including phenoxy) is 1. The Bertz CT molecular complexity index is 1570. The van der Waals surface area contributed by atoms with Crippen molar-refractivity contribution in [3.63, 3.8) is 0 Å². The molecule has 5 rings (SSSR count). The van der Waals surface area contributed by atoms with Crippen molar-refractivity contribution in [2.45, 2.75) is 24.5 Å². The Hall–Kier alpha value is -5.09. The average molecular weight is 569 g/mol. The molecule has 214 valence electrons. The number of esters is 1. The fourth-order valence-corrected chi connectivity index (χ4v) is 5.80. The minimum absolute atomic E-state index is 0.162. The lowest BCUT2D eigenvalue weighted by Crippen LogP contribution is -2.56.